The van der Waals surface area contributed by atoms with Crippen LogP contribution >= 0.6 is 0 Å². The fraction of sp³-hybridized carbons (Fsp3) is 0.469. The first-order chi connectivity index (χ1) is 32.9. The molecule has 4 rings (SSSR count). The van der Waals surface area contributed by atoms with E-state index in [2.05, 4.69) is 63.1 Å². The lowest BCUT2D eigenvalue weighted by Crippen LogP contribution is -2.48. The van der Waals surface area contributed by atoms with Crippen LogP contribution in [0.15, 0.2) is 52.9 Å². The topological polar surface area (TPSA) is 231 Å². The minimum Gasteiger partial charge on any atom is -0.496 e. The third-order valence-electron chi connectivity index (χ3n) is 10.9. The molecule has 374 valence electrons. The molecule has 0 saturated heterocycles. The number of hydrogen-bond acceptors (Lipinski definition) is 18. The molecule has 1 aliphatic carbocycles. The predicted octanol–water partition coefficient (Wildman–Crippen LogP) is 4.35. The number of ether oxygens (including phenoxy) is 7. The van der Waals surface area contributed by atoms with E-state index in [0.717, 1.165) is 81.4 Å². The summed E-state index contributed by atoms with van der Waals surface area (Å²) in [5.74, 6) is -3.74. The van der Waals surface area contributed by atoms with Crippen LogP contribution in [0.1, 0.15) is 65.4 Å². The maximum absolute atomic E-state index is 13.3. The van der Waals surface area contributed by atoms with E-state index in [9.17, 15) is 33.6 Å². The highest BCUT2D eigenvalue weighted by Crippen LogP contribution is 2.45. The average molecular weight is 963 g/mol. The number of hydrogen-bond donors (Lipinski definition) is 2. The number of carbonyl (C=O) groups is 7. The first-order valence-electron chi connectivity index (χ1n) is 22.5. The van der Waals surface area contributed by atoms with Gasteiger partial charge >= 0.3 is 35.8 Å². The second-order valence-electron chi connectivity index (χ2n) is 16.1. The number of nitrogens with zero attached hydrogens (tertiary/aromatic N) is 3. The van der Waals surface area contributed by atoms with Gasteiger partial charge in [-0.25, -0.2) is 4.58 Å². The Kier molecular flexibility index (Phi) is 21.2. The lowest BCUT2D eigenvalue weighted by Gasteiger charge is -2.28. The molecule has 0 radical (unpaired) electrons. The van der Waals surface area contributed by atoms with Gasteiger partial charge in [0.25, 0.3) is 0 Å². The van der Waals surface area contributed by atoms with Crippen LogP contribution in [-0.4, -0.2) is 134 Å². The molecular formula is C49H64N5O15+. The van der Waals surface area contributed by atoms with Crippen molar-refractivity contribution in [1.82, 2.24) is 14.8 Å². The Morgan fingerprint density at radius 3 is 1.97 bits per heavy atom. The highest BCUT2D eigenvalue weighted by molar-refractivity contribution is 6.04. The van der Waals surface area contributed by atoms with Gasteiger partial charge in [0.1, 0.15) is 37.2 Å². The maximum Gasteiger partial charge on any atom is 0.326 e. The number of carbonyl (C=O) groups excluding carboxylic acids is 7. The fourth-order valence-electron chi connectivity index (χ4n) is 7.42. The number of methoxy groups -OCH3 is 1. The van der Waals surface area contributed by atoms with Crippen molar-refractivity contribution in [2.24, 2.45) is 0 Å². The lowest BCUT2D eigenvalue weighted by atomic mass is 9.91. The van der Waals surface area contributed by atoms with Crippen LogP contribution in [0.3, 0.4) is 0 Å². The summed E-state index contributed by atoms with van der Waals surface area (Å²) in [5, 5.41) is 8.06. The van der Waals surface area contributed by atoms with Crippen LogP contribution in [0.4, 0.5) is 11.4 Å². The Labute approximate surface area is 401 Å². The zero-order valence-electron chi connectivity index (χ0n) is 40.9. The van der Waals surface area contributed by atoms with E-state index in [1.54, 1.807) is 7.11 Å². The van der Waals surface area contributed by atoms with Crippen molar-refractivity contribution in [3.05, 3.63) is 59.5 Å². The third kappa shape index (κ3) is 16.5. The molecule has 0 spiro atoms. The van der Waals surface area contributed by atoms with E-state index in [1.807, 2.05) is 50.0 Å². The van der Waals surface area contributed by atoms with E-state index in [1.165, 1.54) is 0 Å². The summed E-state index contributed by atoms with van der Waals surface area (Å²) >= 11 is 0. The number of aryl methyl sites for hydroxylation is 1. The second kappa shape index (κ2) is 26.9. The Morgan fingerprint density at radius 1 is 0.754 bits per heavy atom. The minimum absolute atomic E-state index is 0.0109. The number of anilines is 2. The number of unbranched alkanes of at least 4 members (excludes halogenated alkanes) is 1. The van der Waals surface area contributed by atoms with E-state index >= 15 is 0 Å². The molecular weight excluding hydrogens is 899 g/mol. The average Bonchev–Trinajstić information content (AvgIpc) is 3.29. The van der Waals surface area contributed by atoms with Gasteiger partial charge in [0, 0.05) is 106 Å². The van der Waals surface area contributed by atoms with Crippen LogP contribution in [0.2, 0.25) is 0 Å². The van der Waals surface area contributed by atoms with Crippen LogP contribution < -0.4 is 30.2 Å². The minimum atomic E-state index is -1.28. The van der Waals surface area contributed by atoms with Crippen LogP contribution in [0.25, 0.3) is 33.4 Å². The van der Waals surface area contributed by atoms with Crippen LogP contribution in [-0.2, 0) is 62.0 Å². The van der Waals surface area contributed by atoms with Gasteiger partial charge in [0.05, 0.1) is 26.3 Å². The molecule has 1 aliphatic heterocycles. The van der Waals surface area contributed by atoms with Crippen molar-refractivity contribution in [2.75, 3.05) is 91.6 Å². The van der Waals surface area contributed by atoms with Gasteiger partial charge in [-0.05, 0) is 69.4 Å². The van der Waals surface area contributed by atoms with E-state index < -0.39 is 75.3 Å². The van der Waals surface area contributed by atoms with Gasteiger partial charge < -0.3 is 53.1 Å². The summed E-state index contributed by atoms with van der Waals surface area (Å²) in [6, 6.07) is 15.2. The molecule has 1 amide bonds. The molecule has 20 heteroatoms. The number of esters is 6. The Morgan fingerprint density at radius 2 is 1.39 bits per heavy atom. The van der Waals surface area contributed by atoms with Gasteiger partial charge in [0.15, 0.2) is 0 Å². The monoisotopic (exact) mass is 962 g/mol. The first-order valence-corrected chi connectivity index (χ1v) is 22.5. The molecule has 0 saturated carbocycles. The van der Waals surface area contributed by atoms with Crippen molar-refractivity contribution in [3.8, 4) is 28.2 Å². The van der Waals surface area contributed by atoms with Gasteiger partial charge in [-0.1, -0.05) is 0 Å². The quantitative estimate of drug-likeness (QED) is 0.0222. The molecule has 0 fully saturated rings. The highest BCUT2D eigenvalue weighted by Gasteiger charge is 2.32. The molecule has 1 unspecified atom stereocenters. The standard InChI is InChI=1S/C49H63N5O15/c1-10-53(41-25-42(62-9)39(22-31(41)2)48-37-18-16-35(50-6)23-43(37)69-44-24-36(52(7)8)17-19-38(44)48)21-13-15-45(58)51-20-12-11-14-40(49(61)68-30-65-34(5)57)54(26-46(59)66-28-63-32(3)55)27-47(60)67-29-64-33(4)56/h16-19,22-25,40H,10-15,20-21,26-30H2,1-9H3,(H,51,58)/p+1. The number of benzene rings is 3. The third-order valence-corrected chi connectivity index (χ3v) is 10.9. The largest absolute Gasteiger partial charge is 0.496 e. The van der Waals surface area contributed by atoms with Crippen molar-refractivity contribution >= 4 is 64.1 Å². The predicted molar refractivity (Wildman–Crippen MR) is 254 cm³/mol. The molecule has 1 heterocycles. The normalized spacial score (nSPS) is 11.3. The van der Waals surface area contributed by atoms with Crippen molar-refractivity contribution in [1.29, 1.82) is 0 Å². The second-order valence-corrected chi connectivity index (χ2v) is 16.1. The maximum atomic E-state index is 13.3. The first kappa shape index (κ1) is 54.4. The molecule has 0 bridgehead atoms. The smallest absolute Gasteiger partial charge is 0.326 e. The van der Waals surface area contributed by atoms with Crippen molar-refractivity contribution in [3.63, 3.8) is 0 Å². The summed E-state index contributed by atoms with van der Waals surface area (Å²) in [7, 11) is 7.50. The molecule has 2 aliphatic rings. The van der Waals surface area contributed by atoms with Crippen molar-refractivity contribution < 1.29 is 71.1 Å². The number of fused-ring (bicyclic) bond motifs is 2. The lowest BCUT2D eigenvalue weighted by molar-refractivity contribution is -0.172. The SMILES string of the molecule is CCN(CCCC(=O)NCCCCC(C(=O)OCOC(C)=O)N(CC(=O)OCOC(C)=O)CC(=O)OCOC(C)=O)c1cc(OC)c(-c2c3ccc(=[N+](C)C)cc-3oc3cc(NC)ccc23)cc1C. The molecule has 2 aromatic rings. The van der Waals surface area contributed by atoms with Gasteiger partial charge in [-0.2, -0.15) is 0 Å². The molecule has 2 aromatic carbocycles. The van der Waals surface area contributed by atoms with E-state index in [4.69, 9.17) is 28.1 Å². The molecule has 1 atom stereocenters. The van der Waals surface area contributed by atoms with Gasteiger partial charge in [0.2, 0.25) is 31.6 Å². The summed E-state index contributed by atoms with van der Waals surface area (Å²) in [6.07, 6.45) is 1.49. The fourth-order valence-corrected chi connectivity index (χ4v) is 7.42. The molecule has 2 N–H and O–H groups in total. The highest BCUT2D eigenvalue weighted by atomic mass is 16.7. The molecule has 69 heavy (non-hydrogen) atoms. The summed E-state index contributed by atoms with van der Waals surface area (Å²) in [5.41, 5.74) is 6.52. The summed E-state index contributed by atoms with van der Waals surface area (Å²) in [6.45, 7) is 5.51. The number of nitrogens with one attached hydrogen (secondary N) is 2. The Balaban J connectivity index is 1.42. The Hall–Kier alpha value is -7.22. The summed E-state index contributed by atoms with van der Waals surface area (Å²) in [4.78, 5) is 88.7. The molecule has 20 nitrogen and oxygen atoms in total. The molecule has 0 aromatic heterocycles. The van der Waals surface area contributed by atoms with Gasteiger partial charge in [-0.15, -0.1) is 0 Å². The zero-order valence-corrected chi connectivity index (χ0v) is 40.9. The zero-order chi connectivity index (χ0) is 50.6. The van der Waals surface area contributed by atoms with E-state index in [-0.39, 0.29) is 25.3 Å². The van der Waals surface area contributed by atoms with Crippen LogP contribution in [0, 0.1) is 6.92 Å². The number of rotatable bonds is 26. The summed E-state index contributed by atoms with van der Waals surface area (Å²) < 4.78 is 43.6. The van der Waals surface area contributed by atoms with Crippen molar-refractivity contribution in [2.45, 2.75) is 72.8 Å². The number of amides is 1. The van der Waals surface area contributed by atoms with E-state index in [0.29, 0.717) is 38.1 Å². The van der Waals surface area contributed by atoms with Gasteiger partial charge in [-0.3, -0.25) is 38.5 Å². The Bertz CT molecular complexity index is 2470. The van der Waals surface area contributed by atoms with Crippen LogP contribution in [0.5, 0.6) is 5.75 Å².